The van der Waals surface area contributed by atoms with Gasteiger partial charge in [-0.05, 0) is 50.7 Å². The second-order valence-electron chi connectivity index (χ2n) is 6.03. The van der Waals surface area contributed by atoms with Crippen molar-refractivity contribution < 1.29 is 14.3 Å². The number of hydrogen-bond acceptors (Lipinski definition) is 3. The van der Waals surface area contributed by atoms with Crippen LogP contribution in [-0.2, 0) is 5.60 Å². The van der Waals surface area contributed by atoms with Gasteiger partial charge >= 0.3 is 6.03 Å². The number of amides is 2. The molecule has 0 spiro atoms. The smallest absolute Gasteiger partial charge is 0.315 e. The number of aliphatic hydroxyl groups is 1. The summed E-state index contributed by atoms with van der Waals surface area (Å²) in [6.07, 6.45) is 5.89. The van der Waals surface area contributed by atoms with Crippen LogP contribution < -0.4 is 10.6 Å². The van der Waals surface area contributed by atoms with Crippen molar-refractivity contribution in [1.82, 2.24) is 10.6 Å². The van der Waals surface area contributed by atoms with Gasteiger partial charge in [-0.2, -0.15) is 0 Å². The Bertz CT molecular complexity index is 420. The van der Waals surface area contributed by atoms with E-state index in [1.165, 1.54) is 6.26 Å². The molecule has 2 amide bonds. The molecular formula is C15H24N2O3. The number of carbonyl (C=O) groups excluding carboxylic acids is 1. The number of urea groups is 1. The van der Waals surface area contributed by atoms with E-state index in [9.17, 15) is 9.90 Å². The second-order valence-corrected chi connectivity index (χ2v) is 6.03. The third-order valence-corrected chi connectivity index (χ3v) is 4.00. The van der Waals surface area contributed by atoms with Gasteiger partial charge in [-0.15, -0.1) is 0 Å². The van der Waals surface area contributed by atoms with Crippen molar-refractivity contribution in [3.05, 3.63) is 24.2 Å². The van der Waals surface area contributed by atoms with Crippen molar-refractivity contribution in [1.29, 1.82) is 0 Å². The molecule has 1 saturated carbocycles. The van der Waals surface area contributed by atoms with Crippen LogP contribution in [0.2, 0.25) is 0 Å². The predicted octanol–water partition coefficient (Wildman–Crippen LogP) is 2.37. The fourth-order valence-corrected chi connectivity index (χ4v) is 2.57. The molecule has 0 radical (unpaired) electrons. The summed E-state index contributed by atoms with van der Waals surface area (Å²) in [5.74, 6) is 1.21. The van der Waals surface area contributed by atoms with Crippen molar-refractivity contribution in [3.63, 3.8) is 0 Å². The van der Waals surface area contributed by atoms with E-state index < -0.39 is 5.60 Å². The van der Waals surface area contributed by atoms with E-state index in [0.29, 0.717) is 5.76 Å². The molecule has 0 unspecified atom stereocenters. The minimum atomic E-state index is -1.19. The molecule has 1 fully saturated rings. The molecule has 2 rings (SSSR count). The lowest BCUT2D eigenvalue weighted by molar-refractivity contribution is 0.0366. The maximum absolute atomic E-state index is 11.8. The molecule has 1 aliphatic carbocycles. The lowest BCUT2D eigenvalue weighted by Crippen LogP contribution is -2.47. The largest absolute Gasteiger partial charge is 0.466 e. The zero-order valence-electron chi connectivity index (χ0n) is 12.2. The number of nitrogens with one attached hydrogen (secondary N) is 2. The Morgan fingerprint density at radius 3 is 2.75 bits per heavy atom. The molecule has 20 heavy (non-hydrogen) atoms. The number of carbonyl (C=O) groups is 1. The first-order valence-electron chi connectivity index (χ1n) is 7.28. The van der Waals surface area contributed by atoms with Gasteiger partial charge in [0, 0.05) is 6.04 Å². The van der Waals surface area contributed by atoms with Crippen LogP contribution >= 0.6 is 0 Å². The quantitative estimate of drug-likeness (QED) is 0.792. The normalized spacial score (nSPS) is 25.8. The van der Waals surface area contributed by atoms with E-state index >= 15 is 0 Å². The summed E-state index contributed by atoms with van der Waals surface area (Å²) in [6.45, 7) is 3.99. The monoisotopic (exact) mass is 280 g/mol. The van der Waals surface area contributed by atoms with Crippen LogP contribution in [0.25, 0.3) is 0 Å². The molecule has 1 aliphatic rings. The lowest BCUT2D eigenvalue weighted by atomic mass is 9.87. The van der Waals surface area contributed by atoms with Crippen molar-refractivity contribution >= 4 is 6.03 Å². The lowest BCUT2D eigenvalue weighted by Gasteiger charge is -2.28. The first-order valence-corrected chi connectivity index (χ1v) is 7.28. The van der Waals surface area contributed by atoms with E-state index in [-0.39, 0.29) is 18.6 Å². The first-order chi connectivity index (χ1) is 9.47. The van der Waals surface area contributed by atoms with Gasteiger partial charge in [-0.25, -0.2) is 4.79 Å². The first kappa shape index (κ1) is 14.9. The molecule has 1 heterocycles. The average molecular weight is 280 g/mol. The topological polar surface area (TPSA) is 74.5 Å². The van der Waals surface area contributed by atoms with Crippen LogP contribution in [-0.4, -0.2) is 23.7 Å². The molecule has 1 aromatic heterocycles. The number of rotatable bonds is 4. The summed E-state index contributed by atoms with van der Waals surface area (Å²) in [4.78, 5) is 11.8. The molecule has 112 valence electrons. The van der Waals surface area contributed by atoms with E-state index in [1.54, 1.807) is 19.1 Å². The van der Waals surface area contributed by atoms with Crippen molar-refractivity contribution in [2.24, 2.45) is 5.92 Å². The van der Waals surface area contributed by atoms with E-state index in [4.69, 9.17) is 4.42 Å². The van der Waals surface area contributed by atoms with E-state index in [0.717, 1.165) is 31.6 Å². The highest BCUT2D eigenvalue weighted by atomic mass is 16.4. The van der Waals surface area contributed by atoms with Gasteiger partial charge in [0.25, 0.3) is 0 Å². The van der Waals surface area contributed by atoms with E-state index in [2.05, 4.69) is 17.6 Å². The fourth-order valence-electron chi connectivity index (χ4n) is 2.57. The van der Waals surface area contributed by atoms with Gasteiger partial charge in [0.1, 0.15) is 11.4 Å². The summed E-state index contributed by atoms with van der Waals surface area (Å²) in [5, 5.41) is 15.9. The number of furan rings is 1. The second kappa shape index (κ2) is 6.31. The molecule has 5 nitrogen and oxygen atoms in total. The minimum absolute atomic E-state index is 0.121. The molecule has 3 N–H and O–H groups in total. The molecule has 1 atom stereocenters. The Kier molecular flexibility index (Phi) is 4.70. The minimum Gasteiger partial charge on any atom is -0.466 e. The molecular weight excluding hydrogens is 256 g/mol. The van der Waals surface area contributed by atoms with Gasteiger partial charge in [0.15, 0.2) is 0 Å². The Hall–Kier alpha value is -1.49. The molecule has 0 aromatic carbocycles. The summed E-state index contributed by atoms with van der Waals surface area (Å²) in [6, 6.07) is 3.44. The fraction of sp³-hybridized carbons (Fsp3) is 0.667. The Balaban J connectivity index is 1.75. The van der Waals surface area contributed by atoms with Crippen molar-refractivity contribution in [2.45, 2.75) is 51.2 Å². The molecule has 5 heteroatoms. The van der Waals surface area contributed by atoms with Gasteiger partial charge in [0.2, 0.25) is 0 Å². The Morgan fingerprint density at radius 2 is 2.15 bits per heavy atom. The third-order valence-electron chi connectivity index (χ3n) is 4.00. The van der Waals surface area contributed by atoms with Gasteiger partial charge < -0.3 is 20.2 Å². The Morgan fingerprint density at radius 1 is 1.45 bits per heavy atom. The van der Waals surface area contributed by atoms with Gasteiger partial charge in [-0.3, -0.25) is 0 Å². The zero-order valence-corrected chi connectivity index (χ0v) is 12.2. The number of hydrogen-bond donors (Lipinski definition) is 3. The maximum atomic E-state index is 11.8. The van der Waals surface area contributed by atoms with Gasteiger partial charge in [0.05, 0.1) is 12.8 Å². The van der Waals surface area contributed by atoms with Crippen LogP contribution in [0.4, 0.5) is 4.79 Å². The average Bonchev–Trinajstić information content (AvgIpc) is 2.94. The van der Waals surface area contributed by atoms with Crippen LogP contribution in [0, 0.1) is 5.92 Å². The summed E-state index contributed by atoms with van der Waals surface area (Å²) in [7, 11) is 0. The zero-order chi connectivity index (χ0) is 14.6. The van der Waals surface area contributed by atoms with Crippen LogP contribution in [0.1, 0.15) is 45.3 Å². The maximum Gasteiger partial charge on any atom is 0.315 e. The van der Waals surface area contributed by atoms with Crippen LogP contribution in [0.5, 0.6) is 0 Å². The highest BCUT2D eigenvalue weighted by Gasteiger charge is 2.27. The SMILES string of the molecule is CC1CCC(NC(=O)NC[C@](C)(O)c2ccco2)CC1. The summed E-state index contributed by atoms with van der Waals surface area (Å²) < 4.78 is 5.17. The predicted molar refractivity (Wildman–Crippen MR) is 76.2 cm³/mol. The Labute approximate surface area is 119 Å². The molecule has 0 aliphatic heterocycles. The highest BCUT2D eigenvalue weighted by Crippen LogP contribution is 2.23. The molecule has 0 saturated heterocycles. The molecule has 0 bridgehead atoms. The summed E-state index contributed by atoms with van der Waals surface area (Å²) in [5.41, 5.74) is -1.19. The summed E-state index contributed by atoms with van der Waals surface area (Å²) >= 11 is 0. The van der Waals surface area contributed by atoms with E-state index in [1.807, 2.05) is 0 Å². The third kappa shape index (κ3) is 4.00. The van der Waals surface area contributed by atoms with Crippen molar-refractivity contribution in [2.75, 3.05) is 6.54 Å². The standard InChI is InChI=1S/C15H24N2O3/c1-11-5-7-12(8-6-11)17-14(18)16-10-15(2,19)13-4-3-9-20-13/h3-4,9,11-12,19H,5-8,10H2,1-2H3,(H2,16,17,18)/t11?,12?,15-/m0/s1. The molecule has 1 aromatic rings. The van der Waals surface area contributed by atoms with Gasteiger partial charge in [-0.1, -0.05) is 6.92 Å². The van der Waals surface area contributed by atoms with Crippen molar-refractivity contribution in [3.8, 4) is 0 Å². The van der Waals surface area contributed by atoms with Crippen LogP contribution in [0.3, 0.4) is 0 Å². The highest BCUT2D eigenvalue weighted by molar-refractivity contribution is 5.74. The van der Waals surface area contributed by atoms with Crippen LogP contribution in [0.15, 0.2) is 22.8 Å².